The van der Waals surface area contributed by atoms with Gasteiger partial charge in [-0.3, -0.25) is 10.2 Å². The lowest BCUT2D eigenvalue weighted by Gasteiger charge is -2.26. The fourth-order valence-corrected chi connectivity index (χ4v) is 1.93. The van der Waals surface area contributed by atoms with Gasteiger partial charge >= 0.3 is 0 Å². The lowest BCUT2D eigenvalue weighted by Crippen LogP contribution is -2.46. The standard InChI is InChI=1S/C12H22N2/c1-6-12(4,5)13-11-7-8-14(9-11)10(2)3/h1,10-11,13H,7-9H2,2-5H3. The van der Waals surface area contributed by atoms with Gasteiger partial charge in [-0.15, -0.1) is 6.42 Å². The molecule has 0 amide bonds. The summed E-state index contributed by atoms with van der Waals surface area (Å²) in [4.78, 5) is 2.49. The molecule has 0 aliphatic carbocycles. The van der Waals surface area contributed by atoms with Crippen LogP contribution in [-0.2, 0) is 0 Å². The summed E-state index contributed by atoms with van der Waals surface area (Å²) in [6.07, 6.45) is 6.66. The zero-order chi connectivity index (χ0) is 10.8. The van der Waals surface area contributed by atoms with E-state index >= 15 is 0 Å². The Balaban J connectivity index is 2.41. The number of likely N-dealkylation sites (tertiary alicyclic amines) is 1. The third-order valence-electron chi connectivity index (χ3n) is 2.88. The molecule has 0 aromatic rings. The molecule has 1 aliphatic rings. The molecular formula is C12H22N2. The van der Waals surface area contributed by atoms with Gasteiger partial charge in [-0.25, -0.2) is 0 Å². The lowest BCUT2D eigenvalue weighted by atomic mass is 10.1. The van der Waals surface area contributed by atoms with Crippen molar-refractivity contribution < 1.29 is 0 Å². The molecular weight excluding hydrogens is 172 g/mol. The van der Waals surface area contributed by atoms with Gasteiger partial charge in [-0.2, -0.15) is 0 Å². The van der Waals surface area contributed by atoms with E-state index in [1.165, 1.54) is 13.0 Å². The molecule has 1 unspecified atom stereocenters. The Kier molecular flexibility index (Phi) is 3.58. The van der Waals surface area contributed by atoms with Gasteiger partial charge in [0, 0.05) is 18.6 Å². The minimum atomic E-state index is -0.169. The summed E-state index contributed by atoms with van der Waals surface area (Å²) in [6.45, 7) is 10.9. The molecule has 80 valence electrons. The molecule has 14 heavy (non-hydrogen) atoms. The van der Waals surface area contributed by atoms with E-state index in [4.69, 9.17) is 6.42 Å². The maximum atomic E-state index is 5.45. The lowest BCUT2D eigenvalue weighted by molar-refractivity contribution is 0.263. The number of hydrogen-bond acceptors (Lipinski definition) is 2. The van der Waals surface area contributed by atoms with E-state index in [2.05, 4.69) is 43.8 Å². The molecule has 2 heteroatoms. The van der Waals surface area contributed by atoms with Crippen LogP contribution in [-0.4, -0.2) is 35.6 Å². The van der Waals surface area contributed by atoms with Crippen LogP contribution in [0.1, 0.15) is 34.1 Å². The van der Waals surface area contributed by atoms with Crippen LogP contribution >= 0.6 is 0 Å². The first kappa shape index (κ1) is 11.6. The van der Waals surface area contributed by atoms with Crippen molar-refractivity contribution in [2.45, 2.75) is 51.7 Å². The van der Waals surface area contributed by atoms with E-state index in [9.17, 15) is 0 Å². The Morgan fingerprint density at radius 3 is 2.57 bits per heavy atom. The minimum absolute atomic E-state index is 0.169. The average Bonchev–Trinajstić information content (AvgIpc) is 2.52. The van der Waals surface area contributed by atoms with Gasteiger partial charge in [0.1, 0.15) is 0 Å². The molecule has 0 bridgehead atoms. The Morgan fingerprint density at radius 2 is 2.14 bits per heavy atom. The van der Waals surface area contributed by atoms with Crippen LogP contribution < -0.4 is 5.32 Å². The van der Waals surface area contributed by atoms with E-state index in [0.29, 0.717) is 12.1 Å². The van der Waals surface area contributed by atoms with Crippen LogP contribution in [0.4, 0.5) is 0 Å². The third-order valence-corrected chi connectivity index (χ3v) is 2.88. The highest BCUT2D eigenvalue weighted by Crippen LogP contribution is 2.14. The first-order valence-corrected chi connectivity index (χ1v) is 5.44. The first-order chi connectivity index (χ1) is 6.44. The maximum Gasteiger partial charge on any atom is 0.0743 e. The number of terminal acetylenes is 1. The molecule has 0 spiro atoms. The Hall–Kier alpha value is -0.520. The van der Waals surface area contributed by atoms with Crippen LogP contribution in [0.5, 0.6) is 0 Å². The highest BCUT2D eigenvalue weighted by atomic mass is 15.2. The van der Waals surface area contributed by atoms with Gasteiger partial charge in [0.15, 0.2) is 0 Å². The van der Waals surface area contributed by atoms with Crippen LogP contribution in [0.25, 0.3) is 0 Å². The van der Waals surface area contributed by atoms with Crippen molar-refractivity contribution in [1.82, 2.24) is 10.2 Å². The summed E-state index contributed by atoms with van der Waals surface area (Å²) >= 11 is 0. The predicted molar refractivity (Wildman–Crippen MR) is 61.2 cm³/mol. The fraction of sp³-hybridized carbons (Fsp3) is 0.833. The van der Waals surface area contributed by atoms with Crippen molar-refractivity contribution in [2.24, 2.45) is 0 Å². The Morgan fingerprint density at radius 1 is 1.50 bits per heavy atom. The molecule has 0 aromatic carbocycles. The summed E-state index contributed by atoms with van der Waals surface area (Å²) in [5.41, 5.74) is -0.169. The van der Waals surface area contributed by atoms with Crippen LogP contribution in [0.3, 0.4) is 0 Å². The van der Waals surface area contributed by atoms with Gasteiger partial charge in [-0.05, 0) is 40.7 Å². The van der Waals surface area contributed by atoms with E-state index in [1.54, 1.807) is 0 Å². The van der Waals surface area contributed by atoms with Crippen molar-refractivity contribution in [3.63, 3.8) is 0 Å². The molecule has 1 heterocycles. The number of hydrogen-bond donors (Lipinski definition) is 1. The van der Waals surface area contributed by atoms with Crippen molar-refractivity contribution in [2.75, 3.05) is 13.1 Å². The molecule has 1 saturated heterocycles. The first-order valence-electron chi connectivity index (χ1n) is 5.44. The molecule has 1 aliphatic heterocycles. The maximum absolute atomic E-state index is 5.45. The summed E-state index contributed by atoms with van der Waals surface area (Å²) < 4.78 is 0. The Bertz CT molecular complexity index is 225. The second-order valence-corrected chi connectivity index (χ2v) is 4.99. The minimum Gasteiger partial charge on any atom is -0.299 e. The van der Waals surface area contributed by atoms with E-state index in [-0.39, 0.29) is 5.54 Å². The zero-order valence-corrected chi connectivity index (χ0v) is 9.80. The number of nitrogens with zero attached hydrogens (tertiary/aromatic N) is 1. The molecule has 2 nitrogen and oxygen atoms in total. The molecule has 1 atom stereocenters. The number of rotatable bonds is 3. The quantitative estimate of drug-likeness (QED) is 0.684. The Labute approximate surface area is 88.1 Å². The van der Waals surface area contributed by atoms with E-state index in [0.717, 1.165) is 6.54 Å². The smallest absolute Gasteiger partial charge is 0.0743 e. The third kappa shape index (κ3) is 3.01. The molecule has 1 rings (SSSR count). The van der Waals surface area contributed by atoms with Crippen molar-refractivity contribution in [3.8, 4) is 12.3 Å². The van der Waals surface area contributed by atoms with Crippen LogP contribution in [0, 0.1) is 12.3 Å². The van der Waals surface area contributed by atoms with Gasteiger partial charge in [0.05, 0.1) is 5.54 Å². The van der Waals surface area contributed by atoms with Crippen molar-refractivity contribution >= 4 is 0 Å². The van der Waals surface area contributed by atoms with Crippen LogP contribution in [0.15, 0.2) is 0 Å². The summed E-state index contributed by atoms with van der Waals surface area (Å²) in [5.74, 6) is 2.78. The highest BCUT2D eigenvalue weighted by molar-refractivity contribution is 5.09. The summed E-state index contributed by atoms with van der Waals surface area (Å²) in [7, 11) is 0. The molecule has 1 fully saturated rings. The monoisotopic (exact) mass is 194 g/mol. The van der Waals surface area contributed by atoms with Crippen LogP contribution in [0.2, 0.25) is 0 Å². The average molecular weight is 194 g/mol. The normalized spacial score (nSPS) is 24.1. The second kappa shape index (κ2) is 4.33. The summed E-state index contributed by atoms with van der Waals surface area (Å²) in [6, 6.07) is 1.21. The predicted octanol–water partition coefficient (Wildman–Crippen LogP) is 1.47. The van der Waals surface area contributed by atoms with Crippen molar-refractivity contribution in [3.05, 3.63) is 0 Å². The highest BCUT2D eigenvalue weighted by Gasteiger charge is 2.27. The molecule has 0 aromatic heterocycles. The zero-order valence-electron chi connectivity index (χ0n) is 9.80. The van der Waals surface area contributed by atoms with E-state index in [1.807, 2.05) is 0 Å². The van der Waals surface area contributed by atoms with Gasteiger partial charge < -0.3 is 0 Å². The molecule has 1 N–H and O–H groups in total. The largest absolute Gasteiger partial charge is 0.299 e. The number of nitrogens with one attached hydrogen (secondary N) is 1. The van der Waals surface area contributed by atoms with Crippen molar-refractivity contribution in [1.29, 1.82) is 0 Å². The van der Waals surface area contributed by atoms with Gasteiger partial charge in [0.25, 0.3) is 0 Å². The molecule has 0 saturated carbocycles. The topological polar surface area (TPSA) is 15.3 Å². The fourth-order valence-electron chi connectivity index (χ4n) is 1.93. The second-order valence-electron chi connectivity index (χ2n) is 4.99. The molecule has 0 radical (unpaired) electrons. The van der Waals surface area contributed by atoms with Gasteiger partial charge in [0.2, 0.25) is 0 Å². The summed E-state index contributed by atoms with van der Waals surface area (Å²) in [5, 5.41) is 3.51. The SMILES string of the molecule is C#CC(C)(C)NC1CCN(C(C)C)C1. The van der Waals surface area contributed by atoms with Gasteiger partial charge in [-0.1, -0.05) is 5.92 Å². The van der Waals surface area contributed by atoms with E-state index < -0.39 is 0 Å².